The molecule has 0 aromatic heterocycles. The van der Waals surface area contributed by atoms with Crippen molar-refractivity contribution >= 4 is 0 Å². The van der Waals surface area contributed by atoms with Gasteiger partial charge in [-0.2, -0.15) is 0 Å². The van der Waals surface area contributed by atoms with E-state index >= 15 is 0 Å². The fourth-order valence-corrected chi connectivity index (χ4v) is 2.45. The summed E-state index contributed by atoms with van der Waals surface area (Å²) in [5.74, 6) is 0. The molecule has 0 bridgehead atoms. The minimum atomic E-state index is 1.32. The number of benzene rings is 1. The fourth-order valence-electron chi connectivity index (χ4n) is 2.45. The molecule has 1 aliphatic carbocycles. The normalized spacial score (nSPS) is 13.5. The first-order valence-electron chi connectivity index (χ1n) is 9.32. The molecule has 0 atom stereocenters. The Labute approximate surface area is 134 Å². The molecule has 0 amide bonds. The van der Waals surface area contributed by atoms with Crippen LogP contribution in [-0.4, -0.2) is 0 Å². The molecule has 122 valence electrons. The quantitative estimate of drug-likeness (QED) is 0.487. The highest BCUT2D eigenvalue weighted by atomic mass is 14.0. The van der Waals surface area contributed by atoms with Crippen molar-refractivity contribution in [2.75, 3.05) is 0 Å². The van der Waals surface area contributed by atoms with Crippen molar-refractivity contribution in [1.82, 2.24) is 0 Å². The van der Waals surface area contributed by atoms with E-state index in [0.29, 0.717) is 0 Å². The average molecular weight is 291 g/mol. The molecule has 0 radical (unpaired) electrons. The SMILES string of the molecule is C1CCCCC1.CCCCCCCC.Cc1ccccc1. The van der Waals surface area contributed by atoms with Crippen molar-refractivity contribution in [3.63, 3.8) is 0 Å². The van der Waals surface area contributed by atoms with Crippen LogP contribution in [0.4, 0.5) is 0 Å². The predicted octanol–water partition coefficient (Wildman–Crippen LogP) is 7.70. The van der Waals surface area contributed by atoms with Crippen LogP contribution in [0.25, 0.3) is 0 Å². The highest BCUT2D eigenvalue weighted by Crippen LogP contribution is 2.15. The van der Waals surface area contributed by atoms with Crippen LogP contribution in [0.5, 0.6) is 0 Å². The van der Waals surface area contributed by atoms with E-state index in [1.54, 1.807) is 0 Å². The molecule has 1 aromatic carbocycles. The number of unbranched alkanes of at least 4 members (excludes halogenated alkanes) is 5. The Balaban J connectivity index is 0.000000288. The molecule has 0 saturated heterocycles. The predicted molar refractivity (Wildman–Crippen MR) is 97.9 cm³/mol. The number of hydrogen-bond donors (Lipinski definition) is 0. The first-order chi connectivity index (χ1) is 10.3. The van der Waals surface area contributed by atoms with Crippen LogP contribution >= 0.6 is 0 Å². The van der Waals surface area contributed by atoms with Gasteiger partial charge in [0.25, 0.3) is 0 Å². The van der Waals surface area contributed by atoms with Crippen LogP contribution in [-0.2, 0) is 0 Å². The molecule has 0 spiro atoms. The van der Waals surface area contributed by atoms with Crippen molar-refractivity contribution in [3.05, 3.63) is 35.9 Å². The van der Waals surface area contributed by atoms with E-state index in [-0.39, 0.29) is 0 Å². The fraction of sp³-hybridized carbons (Fsp3) is 0.714. The van der Waals surface area contributed by atoms with E-state index in [1.165, 1.54) is 82.6 Å². The molecule has 0 N–H and O–H groups in total. The first kappa shape index (κ1) is 20.2. The van der Waals surface area contributed by atoms with Gasteiger partial charge >= 0.3 is 0 Å². The summed E-state index contributed by atoms with van der Waals surface area (Å²) >= 11 is 0. The molecule has 0 nitrogen and oxygen atoms in total. The van der Waals surface area contributed by atoms with Gasteiger partial charge in [0.05, 0.1) is 0 Å². The van der Waals surface area contributed by atoms with Crippen molar-refractivity contribution in [1.29, 1.82) is 0 Å². The molecule has 1 aromatic rings. The zero-order valence-corrected chi connectivity index (χ0v) is 14.9. The lowest BCUT2D eigenvalue weighted by atomic mass is 10.0. The molecule has 21 heavy (non-hydrogen) atoms. The lowest BCUT2D eigenvalue weighted by Gasteiger charge is -2.05. The Bertz CT molecular complexity index is 254. The number of hydrogen-bond acceptors (Lipinski definition) is 0. The van der Waals surface area contributed by atoms with Gasteiger partial charge in [-0.15, -0.1) is 0 Å². The van der Waals surface area contributed by atoms with Crippen LogP contribution in [0.15, 0.2) is 30.3 Å². The molecule has 2 rings (SSSR count). The van der Waals surface area contributed by atoms with Gasteiger partial charge in [0, 0.05) is 0 Å². The van der Waals surface area contributed by atoms with Crippen LogP contribution in [0.2, 0.25) is 0 Å². The van der Waals surface area contributed by atoms with Gasteiger partial charge in [-0.25, -0.2) is 0 Å². The van der Waals surface area contributed by atoms with E-state index in [9.17, 15) is 0 Å². The summed E-state index contributed by atoms with van der Waals surface area (Å²) < 4.78 is 0. The van der Waals surface area contributed by atoms with Crippen LogP contribution < -0.4 is 0 Å². The van der Waals surface area contributed by atoms with Gasteiger partial charge in [-0.05, 0) is 6.92 Å². The summed E-state index contributed by atoms with van der Waals surface area (Å²) in [4.78, 5) is 0. The molecule has 0 aliphatic heterocycles. The van der Waals surface area contributed by atoms with E-state index in [4.69, 9.17) is 0 Å². The van der Waals surface area contributed by atoms with Gasteiger partial charge in [-0.3, -0.25) is 0 Å². The number of rotatable bonds is 5. The minimum absolute atomic E-state index is 1.32. The molecule has 1 aliphatic rings. The first-order valence-corrected chi connectivity index (χ1v) is 9.32. The van der Waals surface area contributed by atoms with E-state index in [1.807, 2.05) is 18.2 Å². The maximum absolute atomic E-state index is 2.26. The van der Waals surface area contributed by atoms with Gasteiger partial charge in [0.15, 0.2) is 0 Å². The monoisotopic (exact) mass is 290 g/mol. The lowest BCUT2D eigenvalue weighted by Crippen LogP contribution is -1.85. The Kier molecular flexibility index (Phi) is 16.6. The van der Waals surface area contributed by atoms with Crippen LogP contribution in [0, 0.1) is 6.92 Å². The van der Waals surface area contributed by atoms with Crippen LogP contribution in [0.1, 0.15) is 96.5 Å². The Morgan fingerprint density at radius 3 is 1.24 bits per heavy atom. The molecular formula is C21H38. The summed E-state index contributed by atoms with van der Waals surface area (Å²) in [5, 5.41) is 0. The zero-order valence-electron chi connectivity index (χ0n) is 14.9. The molecule has 0 heterocycles. The minimum Gasteiger partial charge on any atom is -0.0654 e. The second kappa shape index (κ2) is 17.3. The summed E-state index contributed by atoms with van der Waals surface area (Å²) in [6, 6.07) is 10.3. The van der Waals surface area contributed by atoms with Crippen molar-refractivity contribution < 1.29 is 0 Å². The zero-order chi connectivity index (χ0) is 15.6. The Hall–Kier alpha value is -0.780. The third-order valence-corrected chi connectivity index (χ3v) is 3.90. The van der Waals surface area contributed by atoms with E-state index in [2.05, 4.69) is 32.9 Å². The number of aryl methyl sites for hydroxylation is 1. The standard InChI is InChI=1S/C8H18.C7H8.C6H12/c1-3-5-7-8-6-4-2;1-7-5-3-2-4-6-7;1-2-4-6-5-3-1/h3-8H2,1-2H3;2-6H,1H3;1-6H2. The summed E-state index contributed by atoms with van der Waals surface area (Å²) in [6.07, 6.45) is 17.5. The highest BCUT2D eigenvalue weighted by molar-refractivity contribution is 5.11. The summed E-state index contributed by atoms with van der Waals surface area (Å²) in [6.45, 7) is 6.60. The second-order valence-electron chi connectivity index (χ2n) is 6.19. The van der Waals surface area contributed by atoms with Crippen molar-refractivity contribution in [2.24, 2.45) is 0 Å². The van der Waals surface area contributed by atoms with Crippen LogP contribution in [0.3, 0.4) is 0 Å². The van der Waals surface area contributed by atoms with E-state index in [0.717, 1.165) is 0 Å². The van der Waals surface area contributed by atoms with Gasteiger partial charge < -0.3 is 0 Å². The molecular weight excluding hydrogens is 252 g/mol. The molecule has 0 heteroatoms. The van der Waals surface area contributed by atoms with Crippen molar-refractivity contribution in [3.8, 4) is 0 Å². The van der Waals surface area contributed by atoms with Gasteiger partial charge in [0.1, 0.15) is 0 Å². The molecule has 1 saturated carbocycles. The second-order valence-corrected chi connectivity index (χ2v) is 6.19. The van der Waals surface area contributed by atoms with Gasteiger partial charge in [0.2, 0.25) is 0 Å². The third kappa shape index (κ3) is 17.2. The van der Waals surface area contributed by atoms with Gasteiger partial charge in [-0.1, -0.05) is 127 Å². The summed E-state index contributed by atoms with van der Waals surface area (Å²) in [5.41, 5.74) is 1.32. The third-order valence-electron chi connectivity index (χ3n) is 3.90. The smallest absolute Gasteiger partial charge is 0.0398 e. The maximum atomic E-state index is 2.26. The van der Waals surface area contributed by atoms with Crippen molar-refractivity contribution in [2.45, 2.75) is 97.8 Å². The Morgan fingerprint density at radius 2 is 1.00 bits per heavy atom. The summed E-state index contributed by atoms with van der Waals surface area (Å²) in [7, 11) is 0. The van der Waals surface area contributed by atoms with E-state index < -0.39 is 0 Å². The topological polar surface area (TPSA) is 0 Å². The average Bonchev–Trinajstić information content (AvgIpc) is 2.55. The lowest BCUT2D eigenvalue weighted by molar-refractivity contribution is 0.504. The highest BCUT2D eigenvalue weighted by Gasteiger charge is 1.95. The largest absolute Gasteiger partial charge is 0.0654 e. The maximum Gasteiger partial charge on any atom is -0.0398 e. The Morgan fingerprint density at radius 1 is 0.619 bits per heavy atom. The molecule has 1 fully saturated rings. The molecule has 0 unspecified atom stereocenters.